The molecule has 2 aromatic carbocycles. The first kappa shape index (κ1) is 15.1. The first-order valence-corrected chi connectivity index (χ1v) is 6.02. The third-order valence-electron chi connectivity index (χ3n) is 2.67. The highest BCUT2D eigenvalue weighted by Gasteiger charge is 2.11. The molecule has 0 fully saturated rings. The van der Waals surface area contributed by atoms with Crippen LogP contribution >= 0.6 is 0 Å². The fourth-order valence-corrected chi connectivity index (χ4v) is 1.63. The fraction of sp³-hybridized carbons (Fsp3) is 0. The summed E-state index contributed by atoms with van der Waals surface area (Å²) >= 11 is 0. The van der Waals surface area contributed by atoms with Crippen LogP contribution in [-0.2, 0) is 0 Å². The van der Waals surface area contributed by atoms with Crippen LogP contribution in [0.5, 0.6) is 5.75 Å². The van der Waals surface area contributed by atoms with Crippen LogP contribution in [-0.4, -0.2) is 17.0 Å². The Morgan fingerprint density at radius 1 is 1.23 bits per heavy atom. The lowest BCUT2D eigenvalue weighted by Gasteiger charge is -2.05. The van der Waals surface area contributed by atoms with E-state index in [0.29, 0.717) is 0 Å². The van der Waals surface area contributed by atoms with E-state index in [1.165, 1.54) is 12.1 Å². The molecule has 7 nitrogen and oxygen atoms in total. The van der Waals surface area contributed by atoms with Crippen molar-refractivity contribution in [1.29, 1.82) is 0 Å². The second kappa shape index (κ2) is 6.44. The van der Waals surface area contributed by atoms with Gasteiger partial charge in [0.25, 0.3) is 11.6 Å². The van der Waals surface area contributed by atoms with Gasteiger partial charge in [-0.2, -0.15) is 5.10 Å². The highest BCUT2D eigenvalue weighted by atomic mass is 19.1. The molecule has 0 atom stereocenters. The molecule has 0 aromatic heterocycles. The number of carbonyl (C=O) groups is 1. The zero-order valence-electron chi connectivity index (χ0n) is 11.0. The van der Waals surface area contributed by atoms with Gasteiger partial charge >= 0.3 is 0 Å². The zero-order chi connectivity index (χ0) is 16.1. The number of hydrazone groups is 1. The molecule has 0 aliphatic rings. The third-order valence-corrected chi connectivity index (χ3v) is 2.67. The summed E-state index contributed by atoms with van der Waals surface area (Å²) in [6.07, 6.45) is 1.00. The number of nitrogens with zero attached hydrogens (tertiary/aromatic N) is 2. The highest BCUT2D eigenvalue weighted by molar-refractivity contribution is 5.95. The number of benzene rings is 2. The number of nitro groups is 1. The first-order valence-electron chi connectivity index (χ1n) is 6.02. The van der Waals surface area contributed by atoms with Gasteiger partial charge in [-0.25, -0.2) is 9.82 Å². The Balaban J connectivity index is 2.12. The number of nitro benzene ring substituents is 1. The lowest BCUT2D eigenvalue weighted by atomic mass is 10.2. The summed E-state index contributed by atoms with van der Waals surface area (Å²) < 4.78 is 12.7. The van der Waals surface area contributed by atoms with Crippen LogP contribution in [0.3, 0.4) is 0 Å². The van der Waals surface area contributed by atoms with E-state index < -0.39 is 22.4 Å². The molecule has 0 saturated heterocycles. The average molecular weight is 302 g/mol. The number of amides is 1. The van der Waals surface area contributed by atoms with Crippen molar-refractivity contribution in [3.8, 4) is 5.75 Å². The fourth-order valence-electron chi connectivity index (χ4n) is 1.63. The minimum Gasteiger partial charge on any atom is -0.872 e. The molecule has 0 radical (unpaired) electrons. The van der Waals surface area contributed by atoms with Crippen molar-refractivity contribution in [3.05, 3.63) is 69.5 Å². The maximum atomic E-state index is 12.7. The van der Waals surface area contributed by atoms with Crippen LogP contribution in [0.15, 0.2) is 47.6 Å². The molecule has 0 unspecified atom stereocenters. The summed E-state index contributed by atoms with van der Waals surface area (Å²) in [5, 5.41) is 25.6. The molecule has 1 N–H and O–H groups in total. The Morgan fingerprint density at radius 3 is 2.55 bits per heavy atom. The highest BCUT2D eigenvalue weighted by Crippen LogP contribution is 2.19. The van der Waals surface area contributed by atoms with Crippen LogP contribution in [0, 0.1) is 15.9 Å². The predicted molar refractivity (Wildman–Crippen MR) is 74.0 cm³/mol. The second-order valence-electron chi connectivity index (χ2n) is 4.18. The van der Waals surface area contributed by atoms with Gasteiger partial charge in [-0.15, -0.1) is 5.75 Å². The molecule has 0 bridgehead atoms. The molecule has 112 valence electrons. The minimum absolute atomic E-state index is 0.0306. The summed E-state index contributed by atoms with van der Waals surface area (Å²) in [5.41, 5.74) is 1.97. The Labute approximate surface area is 123 Å². The van der Waals surface area contributed by atoms with Crippen molar-refractivity contribution in [2.45, 2.75) is 0 Å². The van der Waals surface area contributed by atoms with E-state index in [1.807, 2.05) is 0 Å². The summed E-state index contributed by atoms with van der Waals surface area (Å²) in [6.45, 7) is 0. The van der Waals surface area contributed by atoms with Crippen LogP contribution in [0.4, 0.5) is 10.1 Å². The molecular formula is C14H9FN3O4-. The quantitative estimate of drug-likeness (QED) is 0.525. The van der Waals surface area contributed by atoms with Gasteiger partial charge in [0.15, 0.2) is 0 Å². The number of halogens is 1. The number of rotatable bonds is 4. The number of hydrogen-bond donors (Lipinski definition) is 1. The van der Waals surface area contributed by atoms with Gasteiger partial charge in [-0.1, -0.05) is 12.1 Å². The monoisotopic (exact) mass is 302 g/mol. The topological polar surface area (TPSA) is 108 Å². The Hall–Kier alpha value is -3.29. The second-order valence-corrected chi connectivity index (χ2v) is 4.18. The number of nitrogens with one attached hydrogen (secondary N) is 1. The number of carbonyl (C=O) groups excluding carboxylic acids is 1. The summed E-state index contributed by atoms with van der Waals surface area (Å²) in [7, 11) is 0. The lowest BCUT2D eigenvalue weighted by molar-refractivity contribution is -0.385. The third kappa shape index (κ3) is 3.63. The SMILES string of the molecule is O=C(N/N=C/c1cc([O-])ccc1[N+](=O)[O-])c1ccc(F)cc1. The largest absolute Gasteiger partial charge is 0.872 e. The molecule has 0 saturated carbocycles. The Kier molecular flexibility index (Phi) is 4.42. The van der Waals surface area contributed by atoms with Gasteiger partial charge in [0.2, 0.25) is 0 Å². The Bertz CT molecular complexity index is 744. The van der Waals surface area contributed by atoms with E-state index in [0.717, 1.165) is 36.5 Å². The molecule has 0 aliphatic heterocycles. The van der Waals surface area contributed by atoms with Crippen LogP contribution < -0.4 is 10.5 Å². The van der Waals surface area contributed by atoms with E-state index in [1.54, 1.807) is 0 Å². The van der Waals surface area contributed by atoms with E-state index in [9.17, 15) is 24.4 Å². The molecule has 2 rings (SSSR count). The summed E-state index contributed by atoms with van der Waals surface area (Å²) in [5.74, 6) is -1.52. The molecule has 0 heterocycles. The average Bonchev–Trinajstić information content (AvgIpc) is 2.47. The van der Waals surface area contributed by atoms with Crippen LogP contribution in [0.1, 0.15) is 15.9 Å². The van der Waals surface area contributed by atoms with Crippen molar-refractivity contribution in [2.75, 3.05) is 0 Å². The van der Waals surface area contributed by atoms with Gasteiger partial charge in [-0.3, -0.25) is 14.9 Å². The van der Waals surface area contributed by atoms with Crippen molar-refractivity contribution in [2.24, 2.45) is 5.10 Å². The molecule has 8 heteroatoms. The van der Waals surface area contributed by atoms with Gasteiger partial charge in [0, 0.05) is 11.6 Å². The molecule has 0 spiro atoms. The van der Waals surface area contributed by atoms with Crippen LogP contribution in [0.2, 0.25) is 0 Å². The van der Waals surface area contributed by atoms with Crippen LogP contribution in [0.25, 0.3) is 0 Å². The predicted octanol–water partition coefficient (Wildman–Crippen LogP) is 1.57. The molecule has 0 aliphatic carbocycles. The Morgan fingerprint density at radius 2 is 1.91 bits per heavy atom. The number of hydrogen-bond acceptors (Lipinski definition) is 5. The molecule has 2 aromatic rings. The van der Waals surface area contributed by atoms with Gasteiger partial charge in [-0.05, 0) is 24.3 Å². The summed E-state index contributed by atoms with van der Waals surface area (Å²) in [4.78, 5) is 21.8. The lowest BCUT2D eigenvalue weighted by Crippen LogP contribution is -2.17. The van der Waals surface area contributed by atoms with E-state index >= 15 is 0 Å². The maximum absolute atomic E-state index is 12.7. The van der Waals surface area contributed by atoms with Crippen molar-refractivity contribution in [1.82, 2.24) is 5.43 Å². The van der Waals surface area contributed by atoms with Crippen molar-refractivity contribution >= 4 is 17.8 Å². The zero-order valence-corrected chi connectivity index (χ0v) is 11.0. The van der Waals surface area contributed by atoms with Crippen molar-refractivity contribution in [3.63, 3.8) is 0 Å². The minimum atomic E-state index is -0.664. The van der Waals surface area contributed by atoms with E-state index in [-0.39, 0.29) is 16.8 Å². The van der Waals surface area contributed by atoms with Crippen molar-refractivity contribution < 1.29 is 19.2 Å². The van der Waals surface area contributed by atoms with Gasteiger partial charge < -0.3 is 5.11 Å². The van der Waals surface area contributed by atoms with Gasteiger partial charge in [0.1, 0.15) is 5.82 Å². The smallest absolute Gasteiger partial charge is 0.278 e. The molecular weight excluding hydrogens is 293 g/mol. The molecule has 22 heavy (non-hydrogen) atoms. The van der Waals surface area contributed by atoms with Gasteiger partial charge in [0.05, 0.1) is 16.7 Å². The van der Waals surface area contributed by atoms with E-state index in [4.69, 9.17) is 0 Å². The first-order chi connectivity index (χ1) is 10.5. The normalized spacial score (nSPS) is 10.6. The maximum Gasteiger partial charge on any atom is 0.278 e. The molecule has 1 amide bonds. The van der Waals surface area contributed by atoms with E-state index in [2.05, 4.69) is 10.5 Å². The standard InChI is InChI=1S/C14H10FN3O4/c15-11-3-1-9(2-4-11)14(20)17-16-8-10-7-12(19)5-6-13(10)18(21)22/h1-8,19H,(H,17,20)/p-1/b16-8+. The summed E-state index contributed by atoms with van der Waals surface area (Å²) in [6, 6.07) is 7.92.